The minimum absolute atomic E-state index is 0.0338. The van der Waals surface area contributed by atoms with Crippen LogP contribution in [-0.4, -0.2) is 44.9 Å². The number of nitrogens with zero attached hydrogens (tertiary/aromatic N) is 3. The van der Waals surface area contributed by atoms with Crippen molar-refractivity contribution in [2.24, 2.45) is 5.41 Å². The number of hydrogen-bond donors (Lipinski definition) is 1. The molecule has 20 heavy (non-hydrogen) atoms. The van der Waals surface area contributed by atoms with Crippen LogP contribution in [-0.2, 0) is 11.3 Å². The van der Waals surface area contributed by atoms with Gasteiger partial charge in [0, 0.05) is 24.7 Å². The van der Waals surface area contributed by atoms with E-state index in [-0.39, 0.29) is 17.4 Å². The predicted octanol–water partition coefficient (Wildman–Crippen LogP) is 1.35. The second-order valence-corrected chi connectivity index (χ2v) is 6.40. The fourth-order valence-electron chi connectivity index (χ4n) is 3.76. The minimum atomic E-state index is -0.231. The van der Waals surface area contributed by atoms with E-state index in [1.165, 1.54) is 0 Å². The molecule has 2 fully saturated rings. The summed E-state index contributed by atoms with van der Waals surface area (Å²) in [5.41, 5.74) is 1.03. The first-order chi connectivity index (χ1) is 9.59. The molecule has 0 aromatic carbocycles. The molecular weight excluding hydrogens is 254 g/mol. The number of piperidine rings is 1. The van der Waals surface area contributed by atoms with Crippen molar-refractivity contribution in [1.82, 2.24) is 14.7 Å². The number of amides is 1. The van der Waals surface area contributed by atoms with Crippen molar-refractivity contribution in [2.75, 3.05) is 13.1 Å². The van der Waals surface area contributed by atoms with Gasteiger partial charge in [-0.15, -0.1) is 0 Å². The lowest BCUT2D eigenvalue weighted by Crippen LogP contribution is -2.50. The number of aliphatic hydroxyl groups is 1. The summed E-state index contributed by atoms with van der Waals surface area (Å²) >= 11 is 0. The van der Waals surface area contributed by atoms with Crippen molar-refractivity contribution in [3.63, 3.8) is 0 Å². The number of carbonyl (C=O) groups excluding carboxylic acids is 1. The molecule has 1 amide bonds. The zero-order valence-corrected chi connectivity index (χ0v) is 12.1. The number of likely N-dealkylation sites (tertiary alicyclic amines) is 1. The molecule has 3 rings (SSSR count). The van der Waals surface area contributed by atoms with Crippen molar-refractivity contribution in [2.45, 2.75) is 51.7 Å². The molecule has 110 valence electrons. The van der Waals surface area contributed by atoms with Crippen LogP contribution < -0.4 is 0 Å². The third kappa shape index (κ3) is 2.46. The first kappa shape index (κ1) is 13.6. The molecule has 1 aromatic heterocycles. The van der Waals surface area contributed by atoms with Crippen LogP contribution in [0.5, 0.6) is 0 Å². The Hall–Kier alpha value is -1.36. The Labute approximate surface area is 119 Å². The van der Waals surface area contributed by atoms with Crippen LogP contribution >= 0.6 is 0 Å². The van der Waals surface area contributed by atoms with Gasteiger partial charge in [0.15, 0.2) is 0 Å². The van der Waals surface area contributed by atoms with Gasteiger partial charge in [0.25, 0.3) is 0 Å². The Kier molecular flexibility index (Phi) is 3.54. The number of aromatic nitrogens is 2. The minimum Gasteiger partial charge on any atom is -0.392 e. The molecule has 2 heterocycles. The van der Waals surface area contributed by atoms with Crippen molar-refractivity contribution in [3.8, 4) is 0 Å². The second kappa shape index (κ2) is 5.20. The smallest absolute Gasteiger partial charge is 0.244 e. The number of aliphatic hydroxyl groups excluding tert-OH is 1. The van der Waals surface area contributed by atoms with Gasteiger partial charge in [-0.05, 0) is 38.2 Å². The average molecular weight is 277 g/mol. The molecule has 5 heteroatoms. The topological polar surface area (TPSA) is 58.4 Å². The van der Waals surface area contributed by atoms with Crippen molar-refractivity contribution >= 4 is 5.91 Å². The second-order valence-electron chi connectivity index (χ2n) is 6.40. The molecule has 2 atom stereocenters. The SMILES string of the molecule is Cc1cnn(CC(=O)N2CCC[C@@]3(CCC[C@H]3O)C2)c1. The molecule has 1 saturated carbocycles. The van der Waals surface area contributed by atoms with Gasteiger partial charge < -0.3 is 10.0 Å². The largest absolute Gasteiger partial charge is 0.392 e. The third-order valence-corrected chi connectivity index (χ3v) is 4.88. The standard InChI is InChI=1S/C15H23N3O2/c1-12-8-16-18(9-12)10-14(20)17-7-3-6-15(11-17)5-2-4-13(15)19/h8-9,13,19H,2-7,10-11H2,1H3/t13-,15+/m1/s1. The van der Waals surface area contributed by atoms with Crippen LogP contribution in [0, 0.1) is 12.3 Å². The van der Waals surface area contributed by atoms with E-state index in [2.05, 4.69) is 5.10 Å². The molecule has 1 aromatic rings. The molecular formula is C15H23N3O2. The van der Waals surface area contributed by atoms with Gasteiger partial charge in [-0.3, -0.25) is 9.48 Å². The van der Waals surface area contributed by atoms with Gasteiger partial charge in [-0.2, -0.15) is 5.10 Å². The number of aryl methyl sites for hydroxylation is 1. The van der Waals surface area contributed by atoms with E-state index >= 15 is 0 Å². The van der Waals surface area contributed by atoms with Crippen LogP contribution in [0.25, 0.3) is 0 Å². The zero-order chi connectivity index (χ0) is 14.2. The molecule has 0 radical (unpaired) electrons. The summed E-state index contributed by atoms with van der Waals surface area (Å²) in [4.78, 5) is 14.3. The first-order valence-corrected chi connectivity index (χ1v) is 7.54. The molecule has 1 aliphatic heterocycles. The van der Waals surface area contributed by atoms with E-state index in [0.717, 1.165) is 44.2 Å². The van der Waals surface area contributed by atoms with Gasteiger partial charge in [0.05, 0.1) is 12.3 Å². The fraction of sp³-hybridized carbons (Fsp3) is 0.733. The van der Waals surface area contributed by atoms with Crippen LogP contribution in [0.4, 0.5) is 0 Å². The molecule has 1 N–H and O–H groups in total. The lowest BCUT2D eigenvalue weighted by Gasteiger charge is -2.42. The summed E-state index contributed by atoms with van der Waals surface area (Å²) in [6, 6.07) is 0. The Balaban J connectivity index is 1.66. The Morgan fingerprint density at radius 1 is 1.50 bits per heavy atom. The van der Waals surface area contributed by atoms with Crippen molar-refractivity contribution in [1.29, 1.82) is 0 Å². The first-order valence-electron chi connectivity index (χ1n) is 7.54. The highest BCUT2D eigenvalue weighted by Crippen LogP contribution is 2.44. The van der Waals surface area contributed by atoms with E-state index in [1.54, 1.807) is 10.9 Å². The average Bonchev–Trinajstić information content (AvgIpc) is 2.98. The highest BCUT2D eigenvalue weighted by atomic mass is 16.3. The Bertz CT molecular complexity index is 499. The van der Waals surface area contributed by atoms with Crippen molar-refractivity contribution in [3.05, 3.63) is 18.0 Å². The van der Waals surface area contributed by atoms with Crippen molar-refractivity contribution < 1.29 is 9.90 Å². The van der Waals surface area contributed by atoms with E-state index in [0.29, 0.717) is 13.1 Å². The molecule has 5 nitrogen and oxygen atoms in total. The summed E-state index contributed by atoms with van der Waals surface area (Å²) in [6.45, 7) is 3.81. The van der Waals surface area contributed by atoms with Crippen LogP contribution in [0.2, 0.25) is 0 Å². The van der Waals surface area contributed by atoms with E-state index in [4.69, 9.17) is 0 Å². The lowest BCUT2D eigenvalue weighted by molar-refractivity contribution is -0.137. The zero-order valence-electron chi connectivity index (χ0n) is 12.1. The maximum atomic E-state index is 12.4. The quantitative estimate of drug-likeness (QED) is 0.887. The Morgan fingerprint density at radius 3 is 2.95 bits per heavy atom. The van der Waals surface area contributed by atoms with Gasteiger partial charge in [0.2, 0.25) is 5.91 Å². The lowest BCUT2D eigenvalue weighted by atomic mass is 9.76. The summed E-state index contributed by atoms with van der Waals surface area (Å²) < 4.78 is 1.70. The maximum absolute atomic E-state index is 12.4. The molecule has 1 aliphatic carbocycles. The third-order valence-electron chi connectivity index (χ3n) is 4.88. The van der Waals surface area contributed by atoms with Crippen LogP contribution in [0.15, 0.2) is 12.4 Å². The number of hydrogen-bond acceptors (Lipinski definition) is 3. The monoisotopic (exact) mass is 277 g/mol. The molecule has 0 bridgehead atoms. The molecule has 1 saturated heterocycles. The predicted molar refractivity (Wildman–Crippen MR) is 75.1 cm³/mol. The highest BCUT2D eigenvalue weighted by Gasteiger charge is 2.45. The molecule has 0 unspecified atom stereocenters. The maximum Gasteiger partial charge on any atom is 0.244 e. The summed E-state index contributed by atoms with van der Waals surface area (Å²) in [5, 5.41) is 14.4. The van der Waals surface area contributed by atoms with E-state index in [9.17, 15) is 9.90 Å². The van der Waals surface area contributed by atoms with Gasteiger partial charge in [-0.1, -0.05) is 6.42 Å². The van der Waals surface area contributed by atoms with Crippen LogP contribution in [0.1, 0.15) is 37.7 Å². The van der Waals surface area contributed by atoms with Gasteiger partial charge in [0.1, 0.15) is 6.54 Å². The summed E-state index contributed by atoms with van der Waals surface area (Å²) in [7, 11) is 0. The van der Waals surface area contributed by atoms with E-state index in [1.807, 2.05) is 18.0 Å². The summed E-state index contributed by atoms with van der Waals surface area (Å²) in [5.74, 6) is 0.117. The molecule has 1 spiro atoms. The van der Waals surface area contributed by atoms with E-state index < -0.39 is 0 Å². The van der Waals surface area contributed by atoms with Gasteiger partial charge in [-0.25, -0.2) is 0 Å². The normalized spacial score (nSPS) is 30.1. The highest BCUT2D eigenvalue weighted by molar-refractivity contribution is 5.76. The summed E-state index contributed by atoms with van der Waals surface area (Å²) in [6.07, 6.45) is 8.51. The number of carbonyl (C=O) groups is 1. The van der Waals surface area contributed by atoms with Crippen LogP contribution in [0.3, 0.4) is 0 Å². The number of rotatable bonds is 2. The fourth-order valence-corrected chi connectivity index (χ4v) is 3.76. The Morgan fingerprint density at radius 2 is 2.30 bits per heavy atom. The van der Waals surface area contributed by atoms with Gasteiger partial charge >= 0.3 is 0 Å². The molecule has 2 aliphatic rings.